The third-order valence-electron chi connectivity index (χ3n) is 2.39. The molecule has 0 saturated carbocycles. The second kappa shape index (κ2) is 5.26. The van der Waals surface area contributed by atoms with Gasteiger partial charge < -0.3 is 0 Å². The van der Waals surface area contributed by atoms with Gasteiger partial charge in [-0.2, -0.15) is 0 Å². The van der Waals surface area contributed by atoms with Crippen LogP contribution in [0.5, 0.6) is 0 Å². The Kier molecular flexibility index (Phi) is 3.93. The molecule has 0 aliphatic rings. The Hall–Kier alpha value is -0.760. The van der Waals surface area contributed by atoms with Gasteiger partial charge in [-0.25, -0.2) is 4.39 Å². The minimum Gasteiger partial charge on any atom is -0.207 e. The Bertz CT molecular complexity index is 523. The number of halogens is 4. The van der Waals surface area contributed by atoms with Gasteiger partial charge in [-0.15, -0.1) is 11.6 Å². The zero-order valence-corrected chi connectivity index (χ0v) is 10.9. The molecule has 1 atom stereocenters. The molecule has 0 radical (unpaired) electrons. The van der Waals surface area contributed by atoms with Gasteiger partial charge in [0.2, 0.25) is 0 Å². The maximum Gasteiger partial charge on any atom is 0.128 e. The van der Waals surface area contributed by atoms with E-state index in [0.717, 1.165) is 5.56 Å². The molecular weight excluding hydrogens is 282 g/mol. The second-order valence-corrected chi connectivity index (χ2v) is 4.89. The van der Waals surface area contributed by atoms with Gasteiger partial charge in [-0.3, -0.25) is 0 Å². The molecule has 0 fully saturated rings. The Morgan fingerprint density at radius 3 is 2.12 bits per heavy atom. The smallest absolute Gasteiger partial charge is 0.128 e. The van der Waals surface area contributed by atoms with Crippen LogP contribution in [0, 0.1) is 5.82 Å². The molecule has 0 amide bonds. The quantitative estimate of drug-likeness (QED) is 0.644. The third kappa shape index (κ3) is 2.92. The lowest BCUT2D eigenvalue weighted by molar-refractivity contribution is 0.612. The molecule has 0 N–H and O–H groups in total. The summed E-state index contributed by atoms with van der Waals surface area (Å²) < 4.78 is 13.6. The van der Waals surface area contributed by atoms with Gasteiger partial charge in [0.15, 0.2) is 0 Å². The highest BCUT2D eigenvalue weighted by atomic mass is 35.5. The van der Waals surface area contributed by atoms with E-state index in [4.69, 9.17) is 34.8 Å². The maximum atomic E-state index is 13.6. The van der Waals surface area contributed by atoms with Gasteiger partial charge in [-0.1, -0.05) is 35.3 Å². The number of benzene rings is 2. The fourth-order valence-corrected chi connectivity index (χ4v) is 2.14. The van der Waals surface area contributed by atoms with Gasteiger partial charge >= 0.3 is 0 Å². The fraction of sp³-hybridized carbons (Fsp3) is 0.0769. The van der Waals surface area contributed by atoms with E-state index in [9.17, 15) is 4.39 Å². The number of hydrogen-bond donors (Lipinski definition) is 0. The molecule has 88 valence electrons. The van der Waals surface area contributed by atoms with Crippen LogP contribution in [0.3, 0.4) is 0 Å². The van der Waals surface area contributed by atoms with Crippen molar-refractivity contribution in [3.8, 4) is 0 Å². The summed E-state index contributed by atoms with van der Waals surface area (Å²) in [5.74, 6) is -0.371. The van der Waals surface area contributed by atoms with Gasteiger partial charge in [0, 0.05) is 15.6 Å². The van der Waals surface area contributed by atoms with Crippen molar-refractivity contribution < 1.29 is 4.39 Å². The van der Waals surface area contributed by atoms with E-state index < -0.39 is 5.38 Å². The lowest BCUT2D eigenvalue weighted by atomic mass is 10.0. The van der Waals surface area contributed by atoms with E-state index >= 15 is 0 Å². The lowest BCUT2D eigenvalue weighted by Gasteiger charge is -2.11. The molecule has 4 heteroatoms. The Morgan fingerprint density at radius 1 is 0.882 bits per heavy atom. The predicted molar refractivity (Wildman–Crippen MR) is 70.6 cm³/mol. The monoisotopic (exact) mass is 288 g/mol. The van der Waals surface area contributed by atoms with Gasteiger partial charge in [0.05, 0.1) is 5.38 Å². The average Bonchev–Trinajstić information content (AvgIpc) is 2.32. The lowest BCUT2D eigenvalue weighted by Crippen LogP contribution is -1.96. The molecular formula is C13H8Cl3F. The molecule has 0 saturated heterocycles. The molecule has 0 bridgehead atoms. The summed E-state index contributed by atoms with van der Waals surface area (Å²) in [4.78, 5) is 0. The number of alkyl halides is 1. The largest absolute Gasteiger partial charge is 0.207 e. The topological polar surface area (TPSA) is 0 Å². The highest BCUT2D eigenvalue weighted by molar-refractivity contribution is 6.31. The molecule has 0 nitrogen and oxygen atoms in total. The SMILES string of the molecule is Fc1ccc(Cl)cc1C(Cl)c1ccc(Cl)cc1. The van der Waals surface area contributed by atoms with E-state index in [-0.39, 0.29) is 5.82 Å². The highest BCUT2D eigenvalue weighted by Gasteiger charge is 2.15. The van der Waals surface area contributed by atoms with Crippen molar-refractivity contribution in [2.24, 2.45) is 0 Å². The summed E-state index contributed by atoms with van der Waals surface area (Å²) in [6.07, 6.45) is 0. The van der Waals surface area contributed by atoms with Crippen LogP contribution < -0.4 is 0 Å². The first-order chi connectivity index (χ1) is 8.08. The molecule has 0 aromatic heterocycles. The molecule has 0 aliphatic heterocycles. The minimum absolute atomic E-state index is 0.362. The summed E-state index contributed by atoms with van der Waals surface area (Å²) in [7, 11) is 0. The maximum absolute atomic E-state index is 13.6. The van der Waals surface area contributed by atoms with Crippen LogP contribution in [0.15, 0.2) is 42.5 Å². The zero-order chi connectivity index (χ0) is 12.4. The molecule has 17 heavy (non-hydrogen) atoms. The van der Waals surface area contributed by atoms with E-state index in [1.807, 2.05) is 0 Å². The van der Waals surface area contributed by atoms with Crippen molar-refractivity contribution >= 4 is 34.8 Å². The summed E-state index contributed by atoms with van der Waals surface area (Å²) in [5.41, 5.74) is 1.14. The summed E-state index contributed by atoms with van der Waals surface area (Å²) >= 11 is 17.8. The van der Waals surface area contributed by atoms with E-state index in [2.05, 4.69) is 0 Å². The van der Waals surface area contributed by atoms with Crippen LogP contribution in [0.2, 0.25) is 10.0 Å². The molecule has 0 aliphatic carbocycles. The van der Waals surface area contributed by atoms with Crippen molar-refractivity contribution in [1.29, 1.82) is 0 Å². The third-order valence-corrected chi connectivity index (χ3v) is 3.37. The van der Waals surface area contributed by atoms with Crippen LogP contribution in [0.1, 0.15) is 16.5 Å². The van der Waals surface area contributed by atoms with Crippen molar-refractivity contribution in [3.05, 3.63) is 69.5 Å². The average molecular weight is 290 g/mol. The van der Waals surface area contributed by atoms with Gasteiger partial charge in [0.25, 0.3) is 0 Å². The molecule has 2 rings (SSSR count). The van der Waals surface area contributed by atoms with Crippen molar-refractivity contribution in [3.63, 3.8) is 0 Å². The minimum atomic E-state index is -0.578. The fourth-order valence-electron chi connectivity index (χ4n) is 1.52. The predicted octanol–water partition coefficient (Wildman–Crippen LogP) is 5.46. The van der Waals surface area contributed by atoms with Crippen LogP contribution in [0.25, 0.3) is 0 Å². The van der Waals surface area contributed by atoms with E-state index in [1.54, 1.807) is 24.3 Å². The second-order valence-electron chi connectivity index (χ2n) is 3.58. The Morgan fingerprint density at radius 2 is 1.47 bits per heavy atom. The molecule has 0 spiro atoms. The highest BCUT2D eigenvalue weighted by Crippen LogP contribution is 2.32. The first kappa shape index (κ1) is 12.7. The van der Waals surface area contributed by atoms with Crippen molar-refractivity contribution in [2.75, 3.05) is 0 Å². The molecule has 0 heterocycles. The van der Waals surface area contributed by atoms with Gasteiger partial charge in [-0.05, 0) is 35.9 Å². The Balaban J connectivity index is 2.39. The standard InChI is InChI=1S/C13H8Cl3F/c14-9-3-1-8(2-4-9)13(16)11-7-10(15)5-6-12(11)17/h1-7,13H. The Labute approximate surface area is 114 Å². The van der Waals surface area contributed by atoms with Crippen LogP contribution in [-0.4, -0.2) is 0 Å². The molecule has 1 unspecified atom stereocenters. The summed E-state index contributed by atoms with van der Waals surface area (Å²) in [5, 5.41) is 0.496. The summed E-state index contributed by atoms with van der Waals surface area (Å²) in [6.45, 7) is 0. The zero-order valence-electron chi connectivity index (χ0n) is 8.63. The van der Waals surface area contributed by atoms with Crippen molar-refractivity contribution in [1.82, 2.24) is 0 Å². The van der Waals surface area contributed by atoms with E-state index in [0.29, 0.717) is 15.6 Å². The van der Waals surface area contributed by atoms with Crippen LogP contribution in [0.4, 0.5) is 4.39 Å². The van der Waals surface area contributed by atoms with Crippen LogP contribution in [-0.2, 0) is 0 Å². The number of rotatable bonds is 2. The molecule has 2 aromatic rings. The first-order valence-corrected chi connectivity index (χ1v) is 6.11. The van der Waals surface area contributed by atoms with Gasteiger partial charge in [0.1, 0.15) is 5.82 Å². The number of hydrogen-bond acceptors (Lipinski definition) is 0. The summed E-state index contributed by atoms with van der Waals surface area (Å²) in [6, 6.07) is 11.3. The first-order valence-electron chi connectivity index (χ1n) is 4.92. The van der Waals surface area contributed by atoms with Crippen molar-refractivity contribution in [2.45, 2.75) is 5.38 Å². The normalized spacial score (nSPS) is 12.5. The van der Waals surface area contributed by atoms with Crippen LogP contribution >= 0.6 is 34.8 Å². The molecule has 2 aromatic carbocycles. The van der Waals surface area contributed by atoms with E-state index in [1.165, 1.54) is 18.2 Å².